The van der Waals surface area contributed by atoms with Gasteiger partial charge in [0.2, 0.25) is 0 Å². The van der Waals surface area contributed by atoms with E-state index in [2.05, 4.69) is 28.3 Å². The first kappa shape index (κ1) is 13.3. The van der Waals surface area contributed by atoms with Crippen LogP contribution in [0.5, 0.6) is 0 Å². The summed E-state index contributed by atoms with van der Waals surface area (Å²) >= 11 is 0. The fourth-order valence-electron chi connectivity index (χ4n) is 2.55. The van der Waals surface area contributed by atoms with E-state index in [1.807, 2.05) is 6.07 Å². The van der Waals surface area contributed by atoms with Crippen molar-refractivity contribution in [3.8, 4) is 0 Å². The van der Waals surface area contributed by atoms with Crippen LogP contribution < -0.4 is 11.3 Å². The minimum Gasteiger partial charge on any atom is -0.377 e. The molecule has 1 unspecified atom stereocenters. The molecular formula is C13H22N4O. The molecule has 0 amide bonds. The Bertz CT molecular complexity index is 398. The molecule has 18 heavy (non-hydrogen) atoms. The van der Waals surface area contributed by atoms with Gasteiger partial charge < -0.3 is 10.2 Å². The quantitative estimate of drug-likeness (QED) is 0.624. The van der Waals surface area contributed by atoms with Crippen molar-refractivity contribution in [2.75, 3.05) is 25.6 Å². The molecule has 0 aliphatic carbocycles. The number of hydrogen-bond donors (Lipinski definition) is 2. The maximum absolute atomic E-state index is 5.61. The second-order valence-electron chi connectivity index (χ2n) is 5.12. The molecule has 0 bridgehead atoms. The molecule has 1 aromatic heterocycles. The van der Waals surface area contributed by atoms with E-state index in [1.54, 1.807) is 13.3 Å². The highest BCUT2D eigenvalue weighted by molar-refractivity contribution is 5.42. The zero-order valence-electron chi connectivity index (χ0n) is 11.1. The number of rotatable bonds is 4. The highest BCUT2D eigenvalue weighted by atomic mass is 16.5. The van der Waals surface area contributed by atoms with Crippen molar-refractivity contribution in [2.24, 2.45) is 5.84 Å². The molecule has 1 aliphatic rings. The van der Waals surface area contributed by atoms with Crippen molar-refractivity contribution in [1.82, 2.24) is 9.88 Å². The molecule has 3 N–H and O–H groups in total. The van der Waals surface area contributed by atoms with Gasteiger partial charge in [-0.3, -0.25) is 4.90 Å². The first-order valence-corrected chi connectivity index (χ1v) is 6.35. The molecule has 2 heterocycles. The molecule has 100 valence electrons. The standard InChI is InChI=1S/C13H22N4O/c1-13(18-2)6-4-8-17(10-13)9-11-5-3-7-15-12(11)16-14/h3,5,7H,4,6,8-10,14H2,1-2H3,(H,15,16). The summed E-state index contributed by atoms with van der Waals surface area (Å²) in [4.78, 5) is 6.62. The lowest BCUT2D eigenvalue weighted by atomic mass is 9.94. The molecule has 0 saturated carbocycles. The number of pyridine rings is 1. The van der Waals surface area contributed by atoms with Gasteiger partial charge in [0.15, 0.2) is 0 Å². The van der Waals surface area contributed by atoms with Crippen molar-refractivity contribution in [2.45, 2.75) is 31.9 Å². The number of aromatic nitrogens is 1. The largest absolute Gasteiger partial charge is 0.377 e. The Labute approximate surface area is 108 Å². The normalized spacial score (nSPS) is 25.1. The lowest BCUT2D eigenvalue weighted by Crippen LogP contribution is -2.46. The summed E-state index contributed by atoms with van der Waals surface area (Å²) in [5.74, 6) is 6.23. The summed E-state index contributed by atoms with van der Waals surface area (Å²) in [6, 6.07) is 4.00. The molecule has 1 saturated heterocycles. The van der Waals surface area contributed by atoms with Crippen LogP contribution in [0.25, 0.3) is 0 Å². The molecule has 1 fully saturated rings. The Morgan fingerprint density at radius 2 is 2.44 bits per heavy atom. The van der Waals surface area contributed by atoms with Crippen LogP contribution in [-0.2, 0) is 11.3 Å². The van der Waals surface area contributed by atoms with Gasteiger partial charge in [0.05, 0.1) is 5.60 Å². The molecule has 5 nitrogen and oxygen atoms in total. The fraction of sp³-hybridized carbons (Fsp3) is 0.615. The number of ether oxygens (including phenoxy) is 1. The average molecular weight is 250 g/mol. The van der Waals surface area contributed by atoms with Crippen molar-refractivity contribution in [3.63, 3.8) is 0 Å². The number of hydrogen-bond acceptors (Lipinski definition) is 5. The Kier molecular flexibility index (Phi) is 4.16. The summed E-state index contributed by atoms with van der Waals surface area (Å²) in [6.45, 7) is 5.07. The number of nitrogens with zero attached hydrogens (tertiary/aromatic N) is 2. The fourth-order valence-corrected chi connectivity index (χ4v) is 2.55. The van der Waals surface area contributed by atoms with Gasteiger partial charge in [-0.15, -0.1) is 0 Å². The van der Waals surface area contributed by atoms with E-state index in [-0.39, 0.29) is 5.60 Å². The van der Waals surface area contributed by atoms with Crippen LogP contribution in [0.3, 0.4) is 0 Å². The van der Waals surface area contributed by atoms with Crippen LogP contribution in [0.2, 0.25) is 0 Å². The van der Waals surface area contributed by atoms with Gasteiger partial charge in [-0.25, -0.2) is 10.8 Å². The van der Waals surface area contributed by atoms with Crippen LogP contribution >= 0.6 is 0 Å². The van der Waals surface area contributed by atoms with E-state index in [9.17, 15) is 0 Å². The predicted molar refractivity (Wildman–Crippen MR) is 72.0 cm³/mol. The van der Waals surface area contributed by atoms with Crippen LogP contribution in [0, 0.1) is 0 Å². The zero-order chi connectivity index (χ0) is 13.0. The monoisotopic (exact) mass is 250 g/mol. The second-order valence-corrected chi connectivity index (χ2v) is 5.12. The van der Waals surface area contributed by atoms with E-state index in [0.717, 1.165) is 43.9 Å². The summed E-state index contributed by atoms with van der Waals surface area (Å²) in [7, 11) is 1.79. The molecule has 1 aliphatic heterocycles. The van der Waals surface area contributed by atoms with E-state index in [1.165, 1.54) is 0 Å². The van der Waals surface area contributed by atoms with Gasteiger partial charge in [-0.2, -0.15) is 0 Å². The molecule has 1 atom stereocenters. The Morgan fingerprint density at radius 1 is 1.61 bits per heavy atom. The smallest absolute Gasteiger partial charge is 0.144 e. The summed E-state index contributed by atoms with van der Waals surface area (Å²) in [5, 5.41) is 0. The van der Waals surface area contributed by atoms with Crippen molar-refractivity contribution < 1.29 is 4.74 Å². The van der Waals surface area contributed by atoms with Crippen LogP contribution in [0.15, 0.2) is 18.3 Å². The molecule has 5 heteroatoms. The third-order valence-electron chi connectivity index (χ3n) is 3.65. The van der Waals surface area contributed by atoms with Crippen LogP contribution in [0.1, 0.15) is 25.3 Å². The number of nitrogen functional groups attached to an aromatic ring is 1. The van der Waals surface area contributed by atoms with E-state index in [0.29, 0.717) is 0 Å². The van der Waals surface area contributed by atoms with Gasteiger partial charge in [0.25, 0.3) is 0 Å². The topological polar surface area (TPSA) is 63.4 Å². The van der Waals surface area contributed by atoms with Crippen LogP contribution in [-0.4, -0.2) is 35.7 Å². The molecule has 0 radical (unpaired) electrons. The van der Waals surface area contributed by atoms with Gasteiger partial charge in [0, 0.05) is 32.0 Å². The highest BCUT2D eigenvalue weighted by Crippen LogP contribution is 2.25. The Hall–Kier alpha value is -1.17. The number of hydrazine groups is 1. The third-order valence-corrected chi connectivity index (χ3v) is 3.65. The Balaban J connectivity index is 2.05. The van der Waals surface area contributed by atoms with Gasteiger partial charge in [-0.1, -0.05) is 6.07 Å². The SMILES string of the molecule is COC1(C)CCCN(Cc2cccnc2NN)C1. The molecule has 2 rings (SSSR count). The summed E-state index contributed by atoms with van der Waals surface area (Å²) in [5.41, 5.74) is 3.75. The summed E-state index contributed by atoms with van der Waals surface area (Å²) in [6.07, 6.45) is 4.03. The highest BCUT2D eigenvalue weighted by Gasteiger charge is 2.30. The lowest BCUT2D eigenvalue weighted by Gasteiger charge is -2.39. The predicted octanol–water partition coefficient (Wildman–Crippen LogP) is 1.37. The number of likely N-dealkylation sites (tertiary alicyclic amines) is 1. The maximum Gasteiger partial charge on any atom is 0.144 e. The van der Waals surface area contributed by atoms with E-state index < -0.39 is 0 Å². The first-order valence-electron chi connectivity index (χ1n) is 6.35. The van der Waals surface area contributed by atoms with E-state index >= 15 is 0 Å². The van der Waals surface area contributed by atoms with Crippen molar-refractivity contribution >= 4 is 5.82 Å². The third kappa shape index (κ3) is 2.98. The molecular weight excluding hydrogens is 228 g/mol. The zero-order valence-corrected chi connectivity index (χ0v) is 11.1. The first-order chi connectivity index (χ1) is 8.67. The minimum absolute atomic E-state index is 0.0310. The number of nitrogens with two attached hydrogens (primary N) is 1. The number of anilines is 1. The van der Waals surface area contributed by atoms with Crippen molar-refractivity contribution in [1.29, 1.82) is 0 Å². The van der Waals surface area contributed by atoms with Crippen LogP contribution in [0.4, 0.5) is 5.82 Å². The van der Waals surface area contributed by atoms with Gasteiger partial charge >= 0.3 is 0 Å². The van der Waals surface area contributed by atoms with Gasteiger partial charge in [0.1, 0.15) is 5.82 Å². The number of nitrogens with one attached hydrogen (secondary N) is 1. The summed E-state index contributed by atoms with van der Waals surface area (Å²) < 4.78 is 5.61. The Morgan fingerprint density at radius 3 is 3.17 bits per heavy atom. The molecule has 0 aromatic carbocycles. The maximum atomic E-state index is 5.61. The lowest BCUT2D eigenvalue weighted by molar-refractivity contribution is -0.0526. The van der Waals surface area contributed by atoms with Crippen molar-refractivity contribution in [3.05, 3.63) is 23.9 Å². The van der Waals surface area contributed by atoms with E-state index in [4.69, 9.17) is 10.6 Å². The number of piperidine rings is 1. The van der Waals surface area contributed by atoms with Gasteiger partial charge in [-0.05, 0) is 32.4 Å². The molecule has 1 aromatic rings. The minimum atomic E-state index is -0.0310. The second kappa shape index (κ2) is 5.65. The molecule has 0 spiro atoms. The number of methoxy groups -OCH3 is 1. The average Bonchev–Trinajstić information content (AvgIpc) is 2.39.